The van der Waals surface area contributed by atoms with Gasteiger partial charge in [-0.1, -0.05) is 32.0 Å². The van der Waals surface area contributed by atoms with E-state index in [0.29, 0.717) is 19.5 Å². The molecule has 1 rings (SSSR count). The molecule has 0 aliphatic heterocycles. The second-order valence-corrected chi connectivity index (χ2v) is 4.50. The minimum atomic E-state index is -0.367. The molecule has 3 nitrogen and oxygen atoms in total. The molecule has 0 heterocycles. The van der Waals surface area contributed by atoms with Gasteiger partial charge in [0.1, 0.15) is 0 Å². The summed E-state index contributed by atoms with van der Waals surface area (Å²) in [7, 11) is 0. The molecule has 1 aromatic carbocycles. The summed E-state index contributed by atoms with van der Waals surface area (Å²) in [5.74, 6) is 0.225. The van der Waals surface area contributed by atoms with Crippen molar-refractivity contribution in [1.29, 1.82) is 5.26 Å². The van der Waals surface area contributed by atoms with Gasteiger partial charge in [-0.3, -0.25) is 0 Å². The number of para-hydroxylation sites is 1. The van der Waals surface area contributed by atoms with Crippen molar-refractivity contribution in [3.63, 3.8) is 0 Å². The first kappa shape index (κ1) is 13.5. The van der Waals surface area contributed by atoms with Crippen molar-refractivity contribution >= 4 is 5.69 Å². The summed E-state index contributed by atoms with van der Waals surface area (Å²) in [5, 5.41) is 18.6. The predicted molar refractivity (Wildman–Crippen MR) is 69.7 cm³/mol. The number of rotatable bonds is 6. The van der Waals surface area contributed by atoms with Crippen LogP contribution in [0.5, 0.6) is 0 Å². The number of nitrogens with zero attached hydrogens (tertiary/aromatic N) is 2. The summed E-state index contributed by atoms with van der Waals surface area (Å²) in [6.45, 7) is 5.23. The molecule has 0 fully saturated rings. The Morgan fingerprint density at radius 1 is 1.29 bits per heavy atom. The summed E-state index contributed by atoms with van der Waals surface area (Å²) in [6, 6.07) is 12.1. The van der Waals surface area contributed by atoms with Crippen LogP contribution in [0.1, 0.15) is 20.3 Å². The van der Waals surface area contributed by atoms with Crippen molar-refractivity contribution in [3.05, 3.63) is 30.3 Å². The first-order chi connectivity index (χ1) is 8.15. The SMILES string of the molecule is CC(C)C(O)CN(CCC#N)c1ccccc1. The van der Waals surface area contributed by atoms with E-state index in [-0.39, 0.29) is 12.0 Å². The van der Waals surface area contributed by atoms with Crippen LogP contribution in [-0.4, -0.2) is 24.3 Å². The Morgan fingerprint density at radius 2 is 1.94 bits per heavy atom. The summed E-state index contributed by atoms with van der Waals surface area (Å²) in [4.78, 5) is 2.06. The molecule has 0 aromatic heterocycles. The molecular weight excluding hydrogens is 212 g/mol. The molecule has 0 amide bonds. The van der Waals surface area contributed by atoms with E-state index in [2.05, 4.69) is 11.0 Å². The van der Waals surface area contributed by atoms with Crippen LogP contribution in [0.15, 0.2) is 30.3 Å². The predicted octanol–water partition coefficient (Wildman–Crippen LogP) is 2.42. The molecule has 0 bridgehead atoms. The van der Waals surface area contributed by atoms with Crippen molar-refractivity contribution in [2.24, 2.45) is 5.92 Å². The van der Waals surface area contributed by atoms with Gasteiger partial charge >= 0.3 is 0 Å². The van der Waals surface area contributed by atoms with E-state index < -0.39 is 0 Å². The van der Waals surface area contributed by atoms with Gasteiger partial charge in [0, 0.05) is 18.8 Å². The average Bonchev–Trinajstić information content (AvgIpc) is 2.35. The smallest absolute Gasteiger partial charge is 0.0737 e. The zero-order valence-corrected chi connectivity index (χ0v) is 10.5. The van der Waals surface area contributed by atoms with E-state index in [9.17, 15) is 5.11 Å². The zero-order valence-electron chi connectivity index (χ0n) is 10.5. The van der Waals surface area contributed by atoms with Crippen LogP contribution in [0.3, 0.4) is 0 Å². The molecule has 0 saturated heterocycles. The third kappa shape index (κ3) is 4.46. The molecule has 1 N–H and O–H groups in total. The van der Waals surface area contributed by atoms with E-state index in [0.717, 1.165) is 5.69 Å². The van der Waals surface area contributed by atoms with Crippen LogP contribution in [-0.2, 0) is 0 Å². The maximum absolute atomic E-state index is 9.93. The third-order valence-electron chi connectivity index (χ3n) is 2.79. The Labute approximate surface area is 103 Å². The quantitative estimate of drug-likeness (QED) is 0.819. The van der Waals surface area contributed by atoms with Gasteiger partial charge in [-0.25, -0.2) is 0 Å². The van der Waals surface area contributed by atoms with Gasteiger partial charge in [0.25, 0.3) is 0 Å². The molecule has 17 heavy (non-hydrogen) atoms. The Hall–Kier alpha value is -1.53. The fourth-order valence-corrected chi connectivity index (χ4v) is 1.59. The van der Waals surface area contributed by atoms with Crippen LogP contribution >= 0.6 is 0 Å². The van der Waals surface area contributed by atoms with E-state index in [1.54, 1.807) is 0 Å². The lowest BCUT2D eigenvalue weighted by atomic mass is 10.1. The molecular formula is C14H20N2O. The van der Waals surface area contributed by atoms with Gasteiger partial charge in [-0.05, 0) is 18.1 Å². The first-order valence-corrected chi connectivity index (χ1v) is 6.00. The number of hydrogen-bond acceptors (Lipinski definition) is 3. The molecule has 3 heteroatoms. The average molecular weight is 232 g/mol. The number of anilines is 1. The fraction of sp³-hybridized carbons (Fsp3) is 0.500. The number of aliphatic hydroxyl groups excluding tert-OH is 1. The Kier molecular flexibility index (Phi) is 5.51. The molecule has 1 atom stereocenters. The van der Waals surface area contributed by atoms with Crippen LogP contribution in [0.2, 0.25) is 0 Å². The lowest BCUT2D eigenvalue weighted by molar-refractivity contribution is 0.131. The normalized spacial score (nSPS) is 12.2. The van der Waals surface area contributed by atoms with E-state index in [1.165, 1.54) is 0 Å². The fourth-order valence-electron chi connectivity index (χ4n) is 1.59. The summed E-state index contributed by atoms with van der Waals surface area (Å²) in [6.07, 6.45) is 0.105. The Morgan fingerprint density at radius 3 is 2.47 bits per heavy atom. The number of nitriles is 1. The van der Waals surface area contributed by atoms with Crippen molar-refractivity contribution in [3.8, 4) is 6.07 Å². The van der Waals surface area contributed by atoms with Gasteiger partial charge in [0.15, 0.2) is 0 Å². The minimum Gasteiger partial charge on any atom is -0.391 e. The Balaban J connectivity index is 2.71. The first-order valence-electron chi connectivity index (χ1n) is 6.00. The molecule has 1 aromatic rings. The van der Waals surface area contributed by atoms with E-state index in [1.807, 2.05) is 44.2 Å². The Bertz CT molecular complexity index is 356. The maximum Gasteiger partial charge on any atom is 0.0737 e. The van der Waals surface area contributed by atoms with Crippen LogP contribution < -0.4 is 4.90 Å². The summed E-state index contributed by atoms with van der Waals surface area (Å²) < 4.78 is 0. The standard InChI is InChI=1S/C14H20N2O/c1-12(2)14(17)11-16(10-6-9-15)13-7-4-3-5-8-13/h3-5,7-8,12,14,17H,6,10-11H2,1-2H3. The van der Waals surface area contributed by atoms with Crippen molar-refractivity contribution in [1.82, 2.24) is 0 Å². The van der Waals surface area contributed by atoms with Crippen LogP contribution in [0, 0.1) is 17.2 Å². The van der Waals surface area contributed by atoms with Gasteiger partial charge < -0.3 is 10.0 Å². The van der Waals surface area contributed by atoms with Crippen molar-refractivity contribution in [2.75, 3.05) is 18.0 Å². The minimum absolute atomic E-state index is 0.225. The van der Waals surface area contributed by atoms with Crippen LogP contribution in [0.25, 0.3) is 0 Å². The molecule has 0 radical (unpaired) electrons. The molecule has 0 saturated carbocycles. The highest BCUT2D eigenvalue weighted by Crippen LogP contribution is 2.15. The number of hydrogen-bond donors (Lipinski definition) is 1. The highest BCUT2D eigenvalue weighted by molar-refractivity contribution is 5.46. The number of aliphatic hydroxyl groups is 1. The van der Waals surface area contributed by atoms with Crippen molar-refractivity contribution in [2.45, 2.75) is 26.4 Å². The van der Waals surface area contributed by atoms with E-state index in [4.69, 9.17) is 5.26 Å². The highest BCUT2D eigenvalue weighted by atomic mass is 16.3. The molecule has 92 valence electrons. The lowest BCUT2D eigenvalue weighted by Gasteiger charge is -2.28. The van der Waals surface area contributed by atoms with Gasteiger partial charge in [-0.15, -0.1) is 0 Å². The summed E-state index contributed by atoms with van der Waals surface area (Å²) >= 11 is 0. The lowest BCUT2D eigenvalue weighted by Crippen LogP contribution is -2.35. The number of benzene rings is 1. The zero-order chi connectivity index (χ0) is 12.7. The van der Waals surface area contributed by atoms with Gasteiger partial charge in [0.2, 0.25) is 0 Å². The summed E-state index contributed by atoms with van der Waals surface area (Å²) in [5.41, 5.74) is 1.06. The monoisotopic (exact) mass is 232 g/mol. The molecule has 0 aliphatic rings. The second kappa shape index (κ2) is 6.93. The van der Waals surface area contributed by atoms with Gasteiger partial charge in [-0.2, -0.15) is 5.26 Å². The largest absolute Gasteiger partial charge is 0.391 e. The second-order valence-electron chi connectivity index (χ2n) is 4.50. The third-order valence-corrected chi connectivity index (χ3v) is 2.79. The van der Waals surface area contributed by atoms with Crippen molar-refractivity contribution < 1.29 is 5.11 Å². The maximum atomic E-state index is 9.93. The molecule has 0 aliphatic carbocycles. The van der Waals surface area contributed by atoms with E-state index >= 15 is 0 Å². The molecule has 1 unspecified atom stereocenters. The topological polar surface area (TPSA) is 47.3 Å². The van der Waals surface area contributed by atoms with Crippen LogP contribution in [0.4, 0.5) is 5.69 Å². The highest BCUT2D eigenvalue weighted by Gasteiger charge is 2.14. The molecule has 0 spiro atoms. The van der Waals surface area contributed by atoms with Gasteiger partial charge in [0.05, 0.1) is 18.6 Å².